The van der Waals surface area contributed by atoms with E-state index in [9.17, 15) is 18.4 Å². The summed E-state index contributed by atoms with van der Waals surface area (Å²) in [6, 6.07) is 20.1. The van der Waals surface area contributed by atoms with Crippen LogP contribution in [0.4, 0.5) is 14.5 Å². The van der Waals surface area contributed by atoms with Gasteiger partial charge in [-0.3, -0.25) is 18.8 Å². The van der Waals surface area contributed by atoms with E-state index < -0.39 is 28.9 Å². The third-order valence-electron chi connectivity index (χ3n) is 7.87. The summed E-state index contributed by atoms with van der Waals surface area (Å²) in [5.74, 6) is -0.718. The molecule has 0 amide bonds. The van der Waals surface area contributed by atoms with Crippen molar-refractivity contribution in [3.8, 4) is 5.75 Å². The zero-order valence-electron chi connectivity index (χ0n) is 23.8. The SMILES string of the molecule is COc1cccc(CN2CCN(c3c(C)n(Cc4c(F)cccc4F)c(=O)n(C[C@H](N)c4ccccc4)c3=O)CC2)c1. The molecule has 10 heteroatoms. The molecule has 1 aliphatic heterocycles. The van der Waals surface area contributed by atoms with E-state index in [4.69, 9.17) is 10.5 Å². The molecule has 2 N–H and O–H groups in total. The number of rotatable bonds is 9. The molecule has 1 aliphatic rings. The van der Waals surface area contributed by atoms with Gasteiger partial charge >= 0.3 is 5.69 Å². The summed E-state index contributed by atoms with van der Waals surface area (Å²) in [5.41, 5.74) is 7.66. The minimum Gasteiger partial charge on any atom is -0.497 e. The Hall–Kier alpha value is -4.28. The standard InChI is InChI=1S/C32H35F2N5O3/c1-22-30(37-16-14-36(15-17-37)19-23-8-6-11-25(18-23)42-2)31(40)39(21-29(35)24-9-4-3-5-10-24)32(41)38(22)20-26-27(33)12-7-13-28(26)34/h3-13,18,29H,14-17,19-21,35H2,1-2H3/t29-/m0/s1. The van der Waals surface area contributed by atoms with E-state index >= 15 is 0 Å². The number of methoxy groups -OCH3 is 1. The molecule has 3 aromatic carbocycles. The van der Waals surface area contributed by atoms with Gasteiger partial charge in [0.1, 0.15) is 23.1 Å². The lowest BCUT2D eigenvalue weighted by Gasteiger charge is -2.37. The molecule has 5 rings (SSSR count). The van der Waals surface area contributed by atoms with Crippen molar-refractivity contribution in [1.82, 2.24) is 14.0 Å². The fraction of sp³-hybridized carbons (Fsp3) is 0.312. The summed E-state index contributed by atoms with van der Waals surface area (Å²) in [7, 11) is 1.64. The molecule has 0 unspecified atom stereocenters. The highest BCUT2D eigenvalue weighted by Crippen LogP contribution is 2.21. The lowest BCUT2D eigenvalue weighted by molar-refractivity contribution is 0.249. The first-order chi connectivity index (χ1) is 20.3. The highest BCUT2D eigenvalue weighted by Gasteiger charge is 2.26. The number of halogens is 2. The van der Waals surface area contributed by atoms with Crippen LogP contribution in [0.15, 0.2) is 82.4 Å². The van der Waals surface area contributed by atoms with E-state index in [0.717, 1.165) is 40.1 Å². The summed E-state index contributed by atoms with van der Waals surface area (Å²) in [5, 5.41) is 0. The van der Waals surface area contributed by atoms with Crippen molar-refractivity contribution in [2.45, 2.75) is 32.6 Å². The third kappa shape index (κ3) is 6.14. The number of anilines is 1. The van der Waals surface area contributed by atoms with Gasteiger partial charge in [-0.05, 0) is 42.3 Å². The van der Waals surface area contributed by atoms with Crippen LogP contribution in [0.25, 0.3) is 0 Å². The Bertz CT molecular complexity index is 1640. The Morgan fingerprint density at radius 1 is 0.857 bits per heavy atom. The Morgan fingerprint density at radius 3 is 2.19 bits per heavy atom. The molecule has 1 saturated heterocycles. The monoisotopic (exact) mass is 575 g/mol. The Morgan fingerprint density at radius 2 is 1.52 bits per heavy atom. The molecule has 1 atom stereocenters. The number of hydrogen-bond donors (Lipinski definition) is 1. The van der Waals surface area contributed by atoms with Gasteiger partial charge in [-0.2, -0.15) is 0 Å². The average Bonchev–Trinajstić information content (AvgIpc) is 3.00. The Balaban J connectivity index is 1.48. The molecule has 1 aromatic heterocycles. The summed E-state index contributed by atoms with van der Waals surface area (Å²) in [4.78, 5) is 31.9. The fourth-order valence-corrected chi connectivity index (χ4v) is 5.50. The molecular weight excluding hydrogens is 540 g/mol. The lowest BCUT2D eigenvalue weighted by atomic mass is 10.1. The van der Waals surface area contributed by atoms with Crippen LogP contribution in [0, 0.1) is 18.6 Å². The van der Waals surface area contributed by atoms with Gasteiger partial charge in [-0.1, -0.05) is 48.5 Å². The third-order valence-corrected chi connectivity index (χ3v) is 7.87. The van der Waals surface area contributed by atoms with Crippen molar-refractivity contribution in [2.75, 3.05) is 38.2 Å². The van der Waals surface area contributed by atoms with Crippen LogP contribution in [-0.2, 0) is 19.6 Å². The van der Waals surface area contributed by atoms with Crippen LogP contribution < -0.4 is 26.6 Å². The predicted octanol–water partition coefficient (Wildman–Crippen LogP) is 3.68. The van der Waals surface area contributed by atoms with E-state index in [1.165, 1.54) is 10.6 Å². The number of aromatic nitrogens is 2. The van der Waals surface area contributed by atoms with Gasteiger partial charge in [0.25, 0.3) is 5.56 Å². The zero-order chi connectivity index (χ0) is 29.8. The molecule has 2 heterocycles. The predicted molar refractivity (Wildman–Crippen MR) is 159 cm³/mol. The van der Waals surface area contributed by atoms with E-state index in [1.54, 1.807) is 14.0 Å². The van der Waals surface area contributed by atoms with Crippen LogP contribution in [0.5, 0.6) is 5.75 Å². The van der Waals surface area contributed by atoms with E-state index in [0.29, 0.717) is 37.6 Å². The topological polar surface area (TPSA) is 85.7 Å². The van der Waals surface area contributed by atoms with Gasteiger partial charge < -0.3 is 15.4 Å². The number of benzene rings is 3. The molecule has 4 aromatic rings. The van der Waals surface area contributed by atoms with Crippen LogP contribution >= 0.6 is 0 Å². The number of ether oxygens (including phenoxy) is 1. The average molecular weight is 576 g/mol. The first-order valence-electron chi connectivity index (χ1n) is 13.9. The second kappa shape index (κ2) is 12.7. The molecule has 42 heavy (non-hydrogen) atoms. The van der Waals surface area contributed by atoms with Gasteiger partial charge in [0, 0.05) is 50.0 Å². The van der Waals surface area contributed by atoms with Gasteiger partial charge in [0.2, 0.25) is 0 Å². The maximum atomic E-state index is 14.7. The molecule has 0 saturated carbocycles. The number of nitrogens with zero attached hydrogens (tertiary/aromatic N) is 4. The molecule has 0 spiro atoms. The maximum Gasteiger partial charge on any atom is 0.331 e. The Labute approximate surface area is 243 Å². The molecule has 1 fully saturated rings. The quantitative estimate of drug-likeness (QED) is 0.328. The van der Waals surface area contributed by atoms with Crippen molar-refractivity contribution in [3.63, 3.8) is 0 Å². The summed E-state index contributed by atoms with van der Waals surface area (Å²) in [6.07, 6.45) is 0. The summed E-state index contributed by atoms with van der Waals surface area (Å²) in [6.45, 7) is 4.39. The van der Waals surface area contributed by atoms with Gasteiger partial charge in [-0.25, -0.2) is 13.6 Å². The number of nitrogens with two attached hydrogens (primary N) is 1. The lowest BCUT2D eigenvalue weighted by Crippen LogP contribution is -2.51. The smallest absolute Gasteiger partial charge is 0.331 e. The largest absolute Gasteiger partial charge is 0.497 e. The van der Waals surface area contributed by atoms with Crippen molar-refractivity contribution in [1.29, 1.82) is 0 Å². The Kier molecular flexibility index (Phi) is 8.84. The highest BCUT2D eigenvalue weighted by atomic mass is 19.1. The normalized spacial score (nSPS) is 14.6. The van der Waals surface area contributed by atoms with Crippen molar-refractivity contribution in [3.05, 3.63) is 128 Å². The van der Waals surface area contributed by atoms with Crippen LogP contribution in [0.1, 0.15) is 28.4 Å². The van der Waals surface area contributed by atoms with Gasteiger partial charge in [0.15, 0.2) is 0 Å². The molecule has 220 valence electrons. The molecular formula is C32H35F2N5O3. The number of hydrogen-bond acceptors (Lipinski definition) is 6. The van der Waals surface area contributed by atoms with Crippen LogP contribution in [0.2, 0.25) is 0 Å². The second-order valence-electron chi connectivity index (χ2n) is 10.6. The van der Waals surface area contributed by atoms with Crippen molar-refractivity contribution >= 4 is 5.69 Å². The summed E-state index contributed by atoms with van der Waals surface area (Å²) < 4.78 is 37.1. The number of piperazine rings is 1. The van der Waals surface area contributed by atoms with Gasteiger partial charge in [-0.15, -0.1) is 0 Å². The first-order valence-corrected chi connectivity index (χ1v) is 13.9. The summed E-state index contributed by atoms with van der Waals surface area (Å²) >= 11 is 0. The van der Waals surface area contributed by atoms with Crippen molar-refractivity contribution < 1.29 is 13.5 Å². The molecule has 0 bridgehead atoms. The van der Waals surface area contributed by atoms with Crippen LogP contribution in [0.3, 0.4) is 0 Å². The highest BCUT2D eigenvalue weighted by molar-refractivity contribution is 5.50. The molecule has 8 nitrogen and oxygen atoms in total. The molecule has 0 aliphatic carbocycles. The minimum absolute atomic E-state index is 0.0789. The van der Waals surface area contributed by atoms with E-state index in [2.05, 4.69) is 4.90 Å². The maximum absolute atomic E-state index is 14.7. The molecule has 0 radical (unpaired) electrons. The van der Waals surface area contributed by atoms with Gasteiger partial charge in [0.05, 0.1) is 20.2 Å². The zero-order valence-corrected chi connectivity index (χ0v) is 23.8. The van der Waals surface area contributed by atoms with Crippen LogP contribution in [-0.4, -0.2) is 47.3 Å². The fourth-order valence-electron chi connectivity index (χ4n) is 5.50. The van der Waals surface area contributed by atoms with E-state index in [1.807, 2.05) is 59.5 Å². The van der Waals surface area contributed by atoms with E-state index in [-0.39, 0.29) is 18.7 Å². The first kappa shape index (κ1) is 29.2. The van der Waals surface area contributed by atoms with Crippen molar-refractivity contribution in [2.24, 2.45) is 5.73 Å². The second-order valence-corrected chi connectivity index (χ2v) is 10.6. The minimum atomic E-state index is -0.757.